The van der Waals surface area contributed by atoms with E-state index in [9.17, 15) is 10.1 Å². The number of carbonyl (C=O) groups excluding carboxylic acids is 1. The number of furan rings is 1. The van der Waals surface area contributed by atoms with Gasteiger partial charge in [-0.05, 0) is 42.8 Å². The lowest BCUT2D eigenvalue weighted by Gasteiger charge is -2.34. The lowest BCUT2D eigenvalue weighted by Crippen LogP contribution is -2.27. The highest BCUT2D eigenvalue weighted by Crippen LogP contribution is 2.43. The molecule has 2 aromatic carbocycles. The van der Waals surface area contributed by atoms with Crippen molar-refractivity contribution in [2.45, 2.75) is 12.8 Å². The SMILES string of the molecule is CCN1C(c2ccccc2)=CC(c2ccco2)C(C#N)=C1SCC(=O)Nc1cccc(OC)c1. The molecule has 0 bridgehead atoms. The van der Waals surface area contributed by atoms with Gasteiger partial charge in [0, 0.05) is 24.0 Å². The van der Waals surface area contributed by atoms with Crippen molar-refractivity contribution in [2.75, 3.05) is 24.7 Å². The van der Waals surface area contributed by atoms with E-state index in [4.69, 9.17) is 9.15 Å². The molecule has 34 heavy (non-hydrogen) atoms. The van der Waals surface area contributed by atoms with Crippen molar-refractivity contribution in [3.63, 3.8) is 0 Å². The summed E-state index contributed by atoms with van der Waals surface area (Å²) in [6.07, 6.45) is 3.68. The second kappa shape index (κ2) is 10.8. The van der Waals surface area contributed by atoms with Crippen molar-refractivity contribution in [2.24, 2.45) is 0 Å². The number of hydrogen-bond donors (Lipinski definition) is 1. The van der Waals surface area contributed by atoms with Gasteiger partial charge in [0.15, 0.2) is 0 Å². The maximum absolute atomic E-state index is 12.8. The molecule has 172 valence electrons. The Kier molecular flexibility index (Phi) is 7.41. The average molecular weight is 472 g/mol. The van der Waals surface area contributed by atoms with Gasteiger partial charge in [-0.2, -0.15) is 5.26 Å². The van der Waals surface area contributed by atoms with E-state index >= 15 is 0 Å². The van der Waals surface area contributed by atoms with Gasteiger partial charge in [0.2, 0.25) is 5.91 Å². The van der Waals surface area contributed by atoms with Crippen LogP contribution >= 0.6 is 11.8 Å². The summed E-state index contributed by atoms with van der Waals surface area (Å²) >= 11 is 1.36. The third-order valence-electron chi connectivity index (χ3n) is 5.45. The van der Waals surface area contributed by atoms with Gasteiger partial charge in [-0.15, -0.1) is 0 Å². The minimum absolute atomic E-state index is 0.154. The molecule has 0 radical (unpaired) electrons. The Morgan fingerprint density at radius 1 is 1.18 bits per heavy atom. The number of carbonyl (C=O) groups is 1. The van der Waals surface area contributed by atoms with Crippen LogP contribution in [0.4, 0.5) is 5.69 Å². The summed E-state index contributed by atoms with van der Waals surface area (Å²) < 4.78 is 10.9. The van der Waals surface area contributed by atoms with Crippen molar-refractivity contribution in [3.05, 3.63) is 101 Å². The molecule has 1 N–H and O–H groups in total. The average Bonchev–Trinajstić information content (AvgIpc) is 3.42. The Bertz CT molecular complexity index is 1240. The molecule has 1 atom stereocenters. The lowest BCUT2D eigenvalue weighted by molar-refractivity contribution is -0.113. The highest BCUT2D eigenvalue weighted by Gasteiger charge is 2.32. The Balaban J connectivity index is 1.63. The first-order valence-electron chi connectivity index (χ1n) is 10.9. The van der Waals surface area contributed by atoms with Crippen molar-refractivity contribution in [3.8, 4) is 11.8 Å². The van der Waals surface area contributed by atoms with Crippen LogP contribution in [0, 0.1) is 11.3 Å². The first-order valence-corrected chi connectivity index (χ1v) is 11.9. The van der Waals surface area contributed by atoms with E-state index in [0.29, 0.717) is 29.3 Å². The second-order valence-electron chi connectivity index (χ2n) is 7.55. The fourth-order valence-electron chi connectivity index (χ4n) is 3.89. The molecule has 1 unspecified atom stereocenters. The quantitative estimate of drug-likeness (QED) is 0.444. The number of allylic oxidation sites excluding steroid dienone is 2. The van der Waals surface area contributed by atoms with E-state index < -0.39 is 0 Å². The third kappa shape index (κ3) is 5.03. The first kappa shape index (κ1) is 23.3. The summed E-state index contributed by atoms with van der Waals surface area (Å²) in [4.78, 5) is 14.9. The van der Waals surface area contributed by atoms with E-state index in [0.717, 1.165) is 16.3 Å². The van der Waals surface area contributed by atoms with Crippen molar-refractivity contribution in [1.82, 2.24) is 4.90 Å². The van der Waals surface area contributed by atoms with Crippen LogP contribution in [-0.2, 0) is 4.79 Å². The zero-order chi connectivity index (χ0) is 23.9. The van der Waals surface area contributed by atoms with Crippen LogP contribution in [0.5, 0.6) is 5.75 Å². The smallest absolute Gasteiger partial charge is 0.234 e. The number of amides is 1. The van der Waals surface area contributed by atoms with Crippen LogP contribution in [0.1, 0.15) is 24.2 Å². The molecule has 0 spiro atoms. The number of ether oxygens (including phenoxy) is 1. The molecule has 1 aliphatic heterocycles. The zero-order valence-corrected chi connectivity index (χ0v) is 19.8. The summed E-state index contributed by atoms with van der Waals surface area (Å²) in [5.41, 5.74) is 3.25. The zero-order valence-electron chi connectivity index (χ0n) is 19.0. The summed E-state index contributed by atoms with van der Waals surface area (Å²) in [6, 6.07) is 23.3. The molecule has 0 saturated carbocycles. The molecule has 0 saturated heterocycles. The first-order chi connectivity index (χ1) is 16.6. The monoisotopic (exact) mass is 471 g/mol. The Hall–Kier alpha value is -3.89. The van der Waals surface area contributed by atoms with E-state index in [1.165, 1.54) is 11.8 Å². The van der Waals surface area contributed by atoms with Crippen molar-refractivity contribution < 1.29 is 13.9 Å². The predicted molar refractivity (Wildman–Crippen MR) is 135 cm³/mol. The van der Waals surface area contributed by atoms with Crippen LogP contribution in [0.15, 0.2) is 94.1 Å². The van der Waals surface area contributed by atoms with Gasteiger partial charge in [-0.25, -0.2) is 0 Å². The van der Waals surface area contributed by atoms with Gasteiger partial charge in [-0.1, -0.05) is 48.2 Å². The second-order valence-corrected chi connectivity index (χ2v) is 8.52. The number of nitrogens with zero attached hydrogens (tertiary/aromatic N) is 2. The van der Waals surface area contributed by atoms with E-state index in [1.54, 1.807) is 19.4 Å². The minimum atomic E-state index is -0.332. The van der Waals surface area contributed by atoms with Gasteiger partial charge < -0.3 is 19.4 Å². The molecule has 1 aromatic heterocycles. The van der Waals surface area contributed by atoms with Crippen molar-refractivity contribution in [1.29, 1.82) is 5.26 Å². The molecule has 1 aliphatic rings. The van der Waals surface area contributed by atoms with Gasteiger partial charge in [0.1, 0.15) is 11.5 Å². The van der Waals surface area contributed by atoms with Gasteiger partial charge in [-0.3, -0.25) is 4.79 Å². The summed E-state index contributed by atoms with van der Waals surface area (Å²) in [7, 11) is 1.59. The van der Waals surface area contributed by atoms with Crippen LogP contribution in [-0.4, -0.2) is 30.2 Å². The van der Waals surface area contributed by atoms with Crippen LogP contribution in [0.25, 0.3) is 5.70 Å². The normalized spacial score (nSPS) is 15.5. The molecule has 2 heterocycles. The van der Waals surface area contributed by atoms with Gasteiger partial charge in [0.25, 0.3) is 0 Å². The topological polar surface area (TPSA) is 78.5 Å². The number of benzene rings is 2. The van der Waals surface area contributed by atoms with Crippen LogP contribution in [0.3, 0.4) is 0 Å². The Morgan fingerprint density at radius 3 is 2.68 bits per heavy atom. The molecule has 0 aliphatic carbocycles. The predicted octanol–water partition coefficient (Wildman–Crippen LogP) is 5.86. The standard InChI is InChI=1S/C27H25N3O3S/c1-3-30-24(19-9-5-4-6-10-19)16-22(25-13-8-14-33-25)23(17-28)27(30)34-18-26(31)29-20-11-7-12-21(15-20)32-2/h4-16,22H,3,18H2,1-2H3,(H,29,31). The molecule has 7 heteroatoms. The fourth-order valence-corrected chi connectivity index (χ4v) is 4.94. The number of nitriles is 1. The van der Waals surface area contributed by atoms with Crippen molar-refractivity contribution >= 4 is 29.1 Å². The molecule has 0 fully saturated rings. The summed E-state index contributed by atoms with van der Waals surface area (Å²) in [5.74, 6) is 1.02. The minimum Gasteiger partial charge on any atom is -0.497 e. The van der Waals surface area contributed by atoms with E-state index in [2.05, 4.69) is 22.4 Å². The molecule has 6 nitrogen and oxygen atoms in total. The highest BCUT2D eigenvalue weighted by atomic mass is 32.2. The number of methoxy groups -OCH3 is 1. The number of hydrogen-bond acceptors (Lipinski definition) is 6. The number of nitrogens with one attached hydrogen (secondary N) is 1. The van der Waals surface area contributed by atoms with Gasteiger partial charge >= 0.3 is 0 Å². The molecule has 1 amide bonds. The number of anilines is 1. The maximum Gasteiger partial charge on any atom is 0.234 e. The Morgan fingerprint density at radius 2 is 2.00 bits per heavy atom. The number of thioether (sulfide) groups is 1. The lowest BCUT2D eigenvalue weighted by atomic mass is 9.91. The van der Waals surface area contributed by atoms with Crippen LogP contribution in [0.2, 0.25) is 0 Å². The maximum atomic E-state index is 12.8. The van der Waals surface area contributed by atoms with Gasteiger partial charge in [0.05, 0.1) is 41.7 Å². The third-order valence-corrected chi connectivity index (χ3v) is 6.57. The summed E-state index contributed by atoms with van der Waals surface area (Å²) in [6.45, 7) is 2.69. The van der Waals surface area contributed by atoms with E-state index in [1.807, 2.05) is 67.6 Å². The fraction of sp³-hybridized carbons (Fsp3) is 0.185. The molecule has 4 rings (SSSR count). The number of rotatable bonds is 8. The van der Waals surface area contributed by atoms with E-state index in [-0.39, 0.29) is 17.6 Å². The van der Waals surface area contributed by atoms with Crippen LogP contribution < -0.4 is 10.1 Å². The largest absolute Gasteiger partial charge is 0.497 e. The highest BCUT2D eigenvalue weighted by molar-refractivity contribution is 8.03. The Labute approximate surface area is 203 Å². The molecular weight excluding hydrogens is 446 g/mol. The molecular formula is C27H25N3O3S. The summed E-state index contributed by atoms with van der Waals surface area (Å²) in [5, 5.41) is 13.8. The molecule has 3 aromatic rings.